The first-order valence-electron chi connectivity index (χ1n) is 1.09. The van der Waals surface area contributed by atoms with Crippen molar-refractivity contribution in [1.82, 2.24) is 0 Å². The van der Waals surface area contributed by atoms with E-state index < -0.39 is 0 Å². The van der Waals surface area contributed by atoms with Crippen molar-refractivity contribution in [1.29, 1.82) is 5.53 Å². The zero-order chi connectivity index (χ0) is 4.28. The van der Waals surface area contributed by atoms with Gasteiger partial charge in [-0.1, -0.05) is 6.58 Å². The topological polar surface area (TPSA) is 62.2 Å². The fourth-order valence-electron chi connectivity index (χ4n) is 0. The predicted octanol–water partition coefficient (Wildman–Crippen LogP) is 0.447. The quantitative estimate of drug-likeness (QED) is 0.433. The largest absolute Gasteiger partial charge is 0.383 e. The Morgan fingerprint density at radius 1 is 2.00 bits per heavy atom. The van der Waals surface area contributed by atoms with Crippen molar-refractivity contribution in [3.8, 4) is 0 Å². The lowest BCUT2D eigenvalue weighted by Gasteiger charge is -1.72. The van der Waals surface area contributed by atoms with Crippen LogP contribution in [0.25, 0.3) is 0 Å². The Kier molecular flexibility index (Phi) is 1.21. The average molecular weight is 71.1 g/mol. The van der Waals surface area contributed by atoms with Crippen LogP contribution in [0.15, 0.2) is 17.5 Å². The van der Waals surface area contributed by atoms with Gasteiger partial charge in [0.1, 0.15) is 5.82 Å². The van der Waals surface area contributed by atoms with Crippen LogP contribution in [0.2, 0.25) is 0 Å². The monoisotopic (exact) mass is 71.0 g/mol. The van der Waals surface area contributed by atoms with E-state index in [0.717, 1.165) is 0 Å². The number of rotatable bonds is 1. The van der Waals surface area contributed by atoms with Crippen molar-refractivity contribution in [2.75, 3.05) is 0 Å². The summed E-state index contributed by atoms with van der Waals surface area (Å²) in [6.07, 6.45) is 0. The summed E-state index contributed by atoms with van der Waals surface area (Å²) in [5.74, 6) is 0.0463. The van der Waals surface area contributed by atoms with Gasteiger partial charge in [0, 0.05) is 0 Å². The van der Waals surface area contributed by atoms with Gasteiger partial charge in [-0.15, -0.1) is 5.11 Å². The van der Waals surface area contributed by atoms with Crippen LogP contribution in [0.1, 0.15) is 0 Å². The summed E-state index contributed by atoms with van der Waals surface area (Å²) in [6.45, 7) is 3.10. The lowest BCUT2D eigenvalue weighted by molar-refractivity contribution is 1.04. The molecule has 0 aromatic rings. The van der Waals surface area contributed by atoms with Gasteiger partial charge in [-0.25, -0.2) is 5.53 Å². The van der Waals surface area contributed by atoms with E-state index in [1.807, 2.05) is 0 Å². The molecule has 0 fully saturated rings. The van der Waals surface area contributed by atoms with Gasteiger partial charge < -0.3 is 5.73 Å². The van der Waals surface area contributed by atoms with Crippen molar-refractivity contribution in [2.24, 2.45) is 10.8 Å². The standard InChI is InChI=1S/C2H5N3/c1-2(3)5-4/h4H,1,3H2. The van der Waals surface area contributed by atoms with Gasteiger partial charge in [-0.2, -0.15) is 0 Å². The van der Waals surface area contributed by atoms with Gasteiger partial charge in [0.2, 0.25) is 0 Å². The highest BCUT2D eigenvalue weighted by molar-refractivity contribution is 4.77. The molecule has 3 N–H and O–H groups in total. The zero-order valence-corrected chi connectivity index (χ0v) is 2.73. The molecule has 0 aliphatic heterocycles. The van der Waals surface area contributed by atoms with E-state index in [2.05, 4.69) is 11.7 Å². The normalized spacial score (nSPS) is 6.40. The predicted molar refractivity (Wildman–Crippen MR) is 18.5 cm³/mol. The Labute approximate surface area is 30.0 Å². The Balaban J connectivity index is 3.20. The van der Waals surface area contributed by atoms with E-state index in [-0.39, 0.29) is 5.82 Å². The lowest BCUT2D eigenvalue weighted by Crippen LogP contribution is -1.85. The highest BCUT2D eigenvalue weighted by Gasteiger charge is 1.62. The molecule has 28 valence electrons. The molecular formula is C2H5N3. The first kappa shape index (κ1) is 4.14. The summed E-state index contributed by atoms with van der Waals surface area (Å²) in [6, 6.07) is 0. The smallest absolute Gasteiger partial charge is 0.138 e. The molecule has 0 rings (SSSR count). The van der Waals surface area contributed by atoms with Crippen LogP contribution in [0.4, 0.5) is 0 Å². The number of hydrogen-bond donors (Lipinski definition) is 2. The SMILES string of the molecule is C=C(N)N=N. The second kappa shape index (κ2) is 1.46. The summed E-state index contributed by atoms with van der Waals surface area (Å²) in [7, 11) is 0. The summed E-state index contributed by atoms with van der Waals surface area (Å²) >= 11 is 0. The van der Waals surface area contributed by atoms with Gasteiger partial charge in [-0.05, 0) is 0 Å². The molecule has 0 radical (unpaired) electrons. The summed E-state index contributed by atoms with van der Waals surface area (Å²) in [5, 5.41) is 2.72. The molecule has 0 heterocycles. The van der Waals surface area contributed by atoms with E-state index >= 15 is 0 Å². The lowest BCUT2D eigenvalue weighted by atomic mass is 10.9. The molecule has 0 aromatic carbocycles. The summed E-state index contributed by atoms with van der Waals surface area (Å²) in [5.41, 5.74) is 10.8. The number of nitrogens with two attached hydrogens (primary N) is 1. The van der Waals surface area contributed by atoms with Crippen molar-refractivity contribution >= 4 is 0 Å². The Bertz CT molecular complexity index is 55.9. The first-order chi connectivity index (χ1) is 2.27. The van der Waals surface area contributed by atoms with Crippen molar-refractivity contribution in [3.05, 3.63) is 12.4 Å². The van der Waals surface area contributed by atoms with Crippen LogP contribution >= 0.6 is 0 Å². The fourth-order valence-corrected chi connectivity index (χ4v) is 0. The number of nitrogens with zero attached hydrogens (tertiary/aromatic N) is 1. The van der Waals surface area contributed by atoms with Crippen LogP contribution in [0.5, 0.6) is 0 Å². The van der Waals surface area contributed by atoms with Gasteiger partial charge >= 0.3 is 0 Å². The summed E-state index contributed by atoms with van der Waals surface area (Å²) in [4.78, 5) is 0. The van der Waals surface area contributed by atoms with Gasteiger partial charge in [0.05, 0.1) is 0 Å². The molecule has 3 nitrogen and oxygen atoms in total. The molecule has 3 heteroatoms. The van der Waals surface area contributed by atoms with Crippen molar-refractivity contribution in [2.45, 2.75) is 0 Å². The zero-order valence-electron chi connectivity index (χ0n) is 2.73. The highest BCUT2D eigenvalue weighted by Crippen LogP contribution is 1.69. The van der Waals surface area contributed by atoms with E-state index in [0.29, 0.717) is 0 Å². The van der Waals surface area contributed by atoms with Crippen molar-refractivity contribution < 1.29 is 0 Å². The molecule has 0 spiro atoms. The third-order valence-electron chi connectivity index (χ3n) is 0.144. The summed E-state index contributed by atoms with van der Waals surface area (Å²) < 4.78 is 0. The van der Waals surface area contributed by atoms with E-state index in [1.165, 1.54) is 0 Å². The second-order valence-corrected chi connectivity index (χ2v) is 0.603. The van der Waals surface area contributed by atoms with E-state index in [4.69, 9.17) is 11.3 Å². The van der Waals surface area contributed by atoms with E-state index in [1.54, 1.807) is 0 Å². The maximum atomic E-state index is 6.06. The van der Waals surface area contributed by atoms with Gasteiger partial charge in [-0.3, -0.25) is 0 Å². The second-order valence-electron chi connectivity index (χ2n) is 0.603. The molecular weight excluding hydrogens is 66.0 g/mol. The van der Waals surface area contributed by atoms with Crippen LogP contribution in [-0.4, -0.2) is 0 Å². The maximum absolute atomic E-state index is 6.06. The molecule has 0 bridgehead atoms. The van der Waals surface area contributed by atoms with Gasteiger partial charge in [0.25, 0.3) is 0 Å². The van der Waals surface area contributed by atoms with Crippen molar-refractivity contribution in [3.63, 3.8) is 0 Å². The first-order valence-corrected chi connectivity index (χ1v) is 1.09. The number of hydrogen-bond acceptors (Lipinski definition) is 3. The average Bonchev–Trinajstić information content (AvgIpc) is 1.38. The third kappa shape index (κ3) is 3.14. The molecule has 5 heavy (non-hydrogen) atoms. The Morgan fingerprint density at radius 3 is 2.20 bits per heavy atom. The van der Waals surface area contributed by atoms with Crippen LogP contribution in [0.3, 0.4) is 0 Å². The van der Waals surface area contributed by atoms with E-state index in [9.17, 15) is 0 Å². The molecule has 0 atom stereocenters. The third-order valence-corrected chi connectivity index (χ3v) is 0.144. The molecule has 0 unspecified atom stereocenters. The minimum absolute atomic E-state index is 0.0463. The van der Waals surface area contributed by atoms with Crippen LogP contribution in [0, 0.1) is 5.53 Å². The van der Waals surface area contributed by atoms with Gasteiger partial charge in [0.15, 0.2) is 0 Å². The minimum Gasteiger partial charge on any atom is -0.383 e. The molecule has 0 aromatic heterocycles. The molecule has 0 amide bonds. The Morgan fingerprint density at radius 2 is 2.20 bits per heavy atom. The Hall–Kier alpha value is -0.860. The maximum Gasteiger partial charge on any atom is 0.138 e. The molecule has 0 saturated heterocycles. The van der Waals surface area contributed by atoms with Crippen LogP contribution < -0.4 is 5.73 Å². The fraction of sp³-hybridized carbons (Fsp3) is 0. The molecule has 0 aliphatic carbocycles. The molecule has 0 aliphatic rings. The molecule has 0 saturated carbocycles. The number of nitrogens with one attached hydrogen (secondary N) is 1. The van der Waals surface area contributed by atoms with Crippen LogP contribution in [-0.2, 0) is 0 Å². The highest BCUT2D eigenvalue weighted by atomic mass is 15.0. The minimum atomic E-state index is 0.0463.